The molecule has 0 N–H and O–H groups in total. The van der Waals surface area contributed by atoms with Gasteiger partial charge in [0.05, 0.1) is 12.7 Å². The zero-order valence-corrected chi connectivity index (χ0v) is 18.6. The Balaban J connectivity index is 1.19. The lowest BCUT2D eigenvalue weighted by Crippen LogP contribution is -2.42. The lowest BCUT2D eigenvalue weighted by Gasteiger charge is -2.38. The summed E-state index contributed by atoms with van der Waals surface area (Å²) in [6.45, 7) is 6.13. The van der Waals surface area contributed by atoms with Gasteiger partial charge in [-0.25, -0.2) is 9.78 Å². The molecule has 0 radical (unpaired) electrons. The van der Waals surface area contributed by atoms with E-state index in [0.29, 0.717) is 31.0 Å². The summed E-state index contributed by atoms with van der Waals surface area (Å²) < 4.78 is 10.3. The normalized spacial score (nSPS) is 20.0. The maximum Gasteiger partial charge on any atom is 0.338 e. The number of fused-ring (bicyclic) bond motifs is 1. The van der Waals surface area contributed by atoms with Crippen molar-refractivity contribution in [2.75, 3.05) is 38.2 Å². The number of anilines is 1. The number of carbonyl (C=O) groups is 2. The molecule has 0 unspecified atom stereocenters. The molecular weight excluding hydrogens is 408 g/mol. The van der Waals surface area contributed by atoms with Crippen LogP contribution in [-0.4, -0.2) is 60.0 Å². The van der Waals surface area contributed by atoms with E-state index >= 15 is 0 Å². The maximum atomic E-state index is 12.8. The first-order valence-electron chi connectivity index (χ1n) is 11.2. The Bertz CT molecular complexity index is 1060. The number of hydrogen-bond donors (Lipinski definition) is 0. The number of esters is 1. The largest absolute Gasteiger partial charge is 0.467 e. The van der Waals surface area contributed by atoms with Crippen molar-refractivity contribution in [1.29, 1.82) is 0 Å². The van der Waals surface area contributed by atoms with Gasteiger partial charge in [-0.2, -0.15) is 4.98 Å². The molecule has 0 atom stereocenters. The molecule has 1 spiro atoms. The van der Waals surface area contributed by atoms with Gasteiger partial charge in [0.15, 0.2) is 0 Å². The molecule has 1 amide bonds. The van der Waals surface area contributed by atoms with Crippen LogP contribution < -0.4 is 9.64 Å². The minimum Gasteiger partial charge on any atom is -0.467 e. The molecule has 8 nitrogen and oxygen atoms in total. The van der Waals surface area contributed by atoms with Crippen LogP contribution in [0.1, 0.15) is 46.3 Å². The van der Waals surface area contributed by atoms with E-state index in [9.17, 15) is 9.59 Å². The topological polar surface area (TPSA) is 84.9 Å². The zero-order valence-electron chi connectivity index (χ0n) is 18.6. The van der Waals surface area contributed by atoms with Crippen LogP contribution in [0.2, 0.25) is 0 Å². The first kappa shape index (κ1) is 20.9. The van der Waals surface area contributed by atoms with Crippen molar-refractivity contribution in [3.05, 3.63) is 46.6 Å². The fourth-order valence-corrected chi connectivity index (χ4v) is 5.22. The highest BCUT2D eigenvalue weighted by Crippen LogP contribution is 2.42. The molecule has 0 aliphatic carbocycles. The predicted octanol–water partition coefficient (Wildman–Crippen LogP) is 2.53. The summed E-state index contributed by atoms with van der Waals surface area (Å²) in [4.78, 5) is 37.2. The molecule has 8 heteroatoms. The number of methoxy groups -OCH3 is 1. The fourth-order valence-electron chi connectivity index (χ4n) is 5.22. The second-order valence-corrected chi connectivity index (χ2v) is 9.10. The number of aromatic nitrogens is 2. The van der Waals surface area contributed by atoms with Crippen LogP contribution in [0.25, 0.3) is 0 Å². The third-order valence-corrected chi connectivity index (χ3v) is 7.29. The van der Waals surface area contributed by atoms with Crippen molar-refractivity contribution in [1.82, 2.24) is 14.9 Å². The van der Waals surface area contributed by atoms with E-state index < -0.39 is 0 Å². The maximum absolute atomic E-state index is 12.8. The number of cyclic esters (lactones) is 1. The number of likely N-dealkylation sites (tertiary alicyclic amines) is 1. The van der Waals surface area contributed by atoms with Crippen LogP contribution in [0.4, 0.5) is 5.82 Å². The Morgan fingerprint density at radius 1 is 1.19 bits per heavy atom. The van der Waals surface area contributed by atoms with Crippen molar-refractivity contribution in [3.8, 4) is 6.01 Å². The van der Waals surface area contributed by atoms with E-state index in [1.807, 2.05) is 6.07 Å². The Morgan fingerprint density at radius 3 is 2.78 bits per heavy atom. The van der Waals surface area contributed by atoms with Gasteiger partial charge in [0, 0.05) is 31.3 Å². The molecule has 0 saturated carbocycles. The Kier molecular flexibility index (Phi) is 5.33. The van der Waals surface area contributed by atoms with Crippen molar-refractivity contribution < 1.29 is 19.1 Å². The summed E-state index contributed by atoms with van der Waals surface area (Å²) >= 11 is 0. The van der Waals surface area contributed by atoms with Gasteiger partial charge in [0.1, 0.15) is 12.4 Å². The monoisotopic (exact) mass is 436 g/mol. The lowest BCUT2D eigenvalue weighted by molar-refractivity contribution is -0.118. The quantitative estimate of drug-likeness (QED) is 0.666. The predicted molar refractivity (Wildman–Crippen MR) is 118 cm³/mol. The average Bonchev–Trinajstić information content (AvgIpc) is 3.35. The zero-order chi connectivity index (χ0) is 22.3. The Labute approximate surface area is 187 Å². The third-order valence-electron chi connectivity index (χ3n) is 7.29. The third kappa shape index (κ3) is 3.72. The van der Waals surface area contributed by atoms with Crippen LogP contribution in [0.15, 0.2) is 24.4 Å². The highest BCUT2D eigenvalue weighted by Gasteiger charge is 2.45. The fraction of sp³-hybridized carbons (Fsp3) is 0.500. The summed E-state index contributed by atoms with van der Waals surface area (Å²) in [7, 11) is 1.53. The summed E-state index contributed by atoms with van der Waals surface area (Å²) in [6, 6.07) is 6.02. The van der Waals surface area contributed by atoms with Crippen LogP contribution >= 0.6 is 0 Å². The van der Waals surface area contributed by atoms with Gasteiger partial charge in [-0.05, 0) is 68.0 Å². The highest BCUT2D eigenvalue weighted by atomic mass is 16.5. The number of rotatable bonds is 5. The second-order valence-electron chi connectivity index (χ2n) is 9.10. The van der Waals surface area contributed by atoms with Crippen LogP contribution in [-0.2, 0) is 22.6 Å². The van der Waals surface area contributed by atoms with Gasteiger partial charge >= 0.3 is 12.0 Å². The number of piperidine rings is 1. The van der Waals surface area contributed by atoms with Crippen molar-refractivity contribution in [2.24, 2.45) is 5.41 Å². The average molecular weight is 437 g/mol. The minimum absolute atomic E-state index is 0.0208. The molecule has 3 aliphatic rings. The number of ether oxygens (including phenoxy) is 2. The molecule has 3 aliphatic heterocycles. The van der Waals surface area contributed by atoms with Gasteiger partial charge in [-0.3, -0.25) is 9.69 Å². The number of benzene rings is 1. The Morgan fingerprint density at radius 2 is 2.00 bits per heavy atom. The molecule has 32 heavy (non-hydrogen) atoms. The molecule has 0 bridgehead atoms. The van der Waals surface area contributed by atoms with Crippen LogP contribution in [0, 0.1) is 12.3 Å². The van der Waals surface area contributed by atoms with E-state index in [1.165, 1.54) is 18.2 Å². The molecular formula is C24H28N4O4. The molecule has 168 valence electrons. The molecule has 4 heterocycles. The van der Waals surface area contributed by atoms with Gasteiger partial charge < -0.3 is 14.4 Å². The van der Waals surface area contributed by atoms with E-state index in [2.05, 4.69) is 27.9 Å². The molecule has 2 saturated heterocycles. The van der Waals surface area contributed by atoms with Gasteiger partial charge in [-0.1, -0.05) is 6.07 Å². The molecule has 2 fully saturated rings. The van der Waals surface area contributed by atoms with Crippen molar-refractivity contribution >= 4 is 17.7 Å². The second kappa shape index (κ2) is 8.16. The van der Waals surface area contributed by atoms with E-state index in [4.69, 9.17) is 9.47 Å². The molecule has 5 rings (SSSR count). The van der Waals surface area contributed by atoms with Crippen molar-refractivity contribution in [2.45, 2.75) is 39.2 Å². The minimum atomic E-state index is -0.212. The lowest BCUT2D eigenvalue weighted by atomic mass is 9.77. The van der Waals surface area contributed by atoms with Crippen LogP contribution in [0.5, 0.6) is 6.01 Å². The summed E-state index contributed by atoms with van der Waals surface area (Å²) in [5, 5.41) is 0. The van der Waals surface area contributed by atoms with Crippen molar-refractivity contribution in [3.63, 3.8) is 0 Å². The van der Waals surface area contributed by atoms with E-state index in [1.54, 1.807) is 17.2 Å². The van der Waals surface area contributed by atoms with Gasteiger partial charge in [0.25, 0.3) is 0 Å². The first-order valence-corrected chi connectivity index (χ1v) is 11.2. The Hall–Kier alpha value is -3.00. The van der Waals surface area contributed by atoms with Gasteiger partial charge in [0.2, 0.25) is 5.91 Å². The number of hydrogen-bond acceptors (Lipinski definition) is 7. The number of nitrogens with zero attached hydrogens (tertiary/aromatic N) is 4. The van der Waals surface area contributed by atoms with Gasteiger partial charge in [-0.15, -0.1) is 0 Å². The first-order chi connectivity index (χ1) is 15.5. The highest BCUT2D eigenvalue weighted by molar-refractivity contribution is 5.95. The standard InChI is InChI=1S/C24H28N4O4/c1-16-17(3-4-18-19(16)14-32-22(18)30)6-10-27-11-7-24(8-12-27)13-21(29)28(15-24)20-5-9-25-23(26-20)31-2/h3-5,9H,6-8,10-15H2,1-2H3. The SMILES string of the molecule is COc1nccc(N2CC3(CCN(CCc4ccc5c(c4C)COC5=O)CC3)CC2=O)n1. The summed E-state index contributed by atoms with van der Waals surface area (Å²) in [6.07, 6.45) is 5.16. The molecule has 2 aromatic rings. The van der Waals surface area contributed by atoms with Crippen LogP contribution in [0.3, 0.4) is 0 Å². The number of carbonyl (C=O) groups excluding carboxylic acids is 2. The smallest absolute Gasteiger partial charge is 0.338 e. The summed E-state index contributed by atoms with van der Waals surface area (Å²) in [5.74, 6) is 0.539. The molecule has 1 aromatic heterocycles. The number of amides is 1. The van der Waals surface area contributed by atoms with E-state index in [0.717, 1.165) is 44.5 Å². The summed E-state index contributed by atoms with van der Waals surface area (Å²) in [5.41, 5.74) is 4.23. The van der Waals surface area contributed by atoms with E-state index in [-0.39, 0.29) is 23.3 Å². The molecule has 1 aromatic carbocycles.